The number of carbonyl (C=O) groups excluding carboxylic acids is 1. The number of hydrogen-bond donors (Lipinski definition) is 2. The molecule has 0 radical (unpaired) electrons. The van der Waals surface area contributed by atoms with Gasteiger partial charge in [0.15, 0.2) is 0 Å². The minimum Gasteiger partial charge on any atom is -0.392 e. The zero-order valence-electron chi connectivity index (χ0n) is 18.3. The molecule has 1 aliphatic rings. The quantitative estimate of drug-likeness (QED) is 0.311. The molecule has 0 fully saturated rings. The summed E-state index contributed by atoms with van der Waals surface area (Å²) in [5, 5.41) is 10.8. The normalized spacial score (nSPS) is 15.9. The van der Waals surface area contributed by atoms with E-state index in [1.54, 1.807) is 17.8 Å². The Morgan fingerprint density at radius 2 is 2.06 bits per heavy atom. The number of hydrogen-bond acceptors (Lipinski definition) is 7. The molecule has 1 aliphatic heterocycles. The molecule has 0 saturated heterocycles. The van der Waals surface area contributed by atoms with E-state index >= 15 is 0 Å². The van der Waals surface area contributed by atoms with Gasteiger partial charge in [0.2, 0.25) is 0 Å². The van der Waals surface area contributed by atoms with E-state index in [0.717, 1.165) is 29.2 Å². The summed E-state index contributed by atoms with van der Waals surface area (Å²) >= 11 is 2.90. The van der Waals surface area contributed by atoms with Crippen LogP contribution in [0.5, 0.6) is 0 Å². The lowest BCUT2D eigenvalue weighted by Crippen LogP contribution is -2.31. The highest BCUT2D eigenvalue weighted by molar-refractivity contribution is 8.00. The topological polar surface area (TPSA) is 75.6 Å². The first-order valence-corrected chi connectivity index (χ1v) is 12.5. The van der Waals surface area contributed by atoms with Gasteiger partial charge in [0.25, 0.3) is 5.91 Å². The second-order valence-corrected chi connectivity index (χ2v) is 9.92. The number of amides is 1. The number of thioether (sulfide) groups is 1. The smallest absolute Gasteiger partial charge is 0.392 e. The van der Waals surface area contributed by atoms with Gasteiger partial charge in [0, 0.05) is 36.7 Å². The lowest BCUT2D eigenvalue weighted by atomic mass is 10.2. The van der Waals surface area contributed by atoms with Crippen LogP contribution in [0.25, 0.3) is 10.2 Å². The third-order valence-electron chi connectivity index (χ3n) is 5.03. The first-order valence-electron chi connectivity index (χ1n) is 10.7. The van der Waals surface area contributed by atoms with Crippen molar-refractivity contribution in [1.29, 1.82) is 0 Å². The molecule has 1 unspecified atom stereocenters. The zero-order valence-corrected chi connectivity index (χ0v) is 19.9. The molecule has 4 rings (SSSR count). The van der Waals surface area contributed by atoms with Crippen LogP contribution < -0.4 is 10.6 Å². The maximum atomic E-state index is 12.9. The van der Waals surface area contributed by atoms with Gasteiger partial charge >= 0.3 is 6.18 Å². The average Bonchev–Trinajstić information content (AvgIpc) is 3.41. The lowest BCUT2D eigenvalue weighted by Gasteiger charge is -2.10. The molecule has 34 heavy (non-hydrogen) atoms. The molecule has 11 heteroatoms. The number of rotatable bonds is 9. The first-order chi connectivity index (χ1) is 16.3. The Morgan fingerprint density at radius 1 is 1.24 bits per heavy atom. The number of nitrogens with zero attached hydrogens (tertiary/aromatic N) is 2. The second kappa shape index (κ2) is 10.7. The standard InChI is InChI=1S/C23H23F3N4O2S2/c1-14-10-16(30-32-14)13-33-19-5-3-2-4-17(19)22(31)28-9-8-27-12-21-29-18-11-15(23(24,25)26)6-7-20(18)34-21/h2-7,11,14,27H,8-10,12-13H2,1H3,(H,28,31). The highest BCUT2D eigenvalue weighted by atomic mass is 32.2. The number of benzene rings is 2. The van der Waals surface area contributed by atoms with E-state index in [2.05, 4.69) is 20.8 Å². The largest absolute Gasteiger partial charge is 0.416 e. The Labute approximate surface area is 203 Å². The molecule has 1 atom stereocenters. The van der Waals surface area contributed by atoms with E-state index in [1.807, 2.05) is 25.1 Å². The van der Waals surface area contributed by atoms with Crippen LogP contribution in [-0.2, 0) is 17.6 Å². The summed E-state index contributed by atoms with van der Waals surface area (Å²) in [7, 11) is 0. The van der Waals surface area contributed by atoms with Gasteiger partial charge in [0.05, 0.1) is 27.1 Å². The van der Waals surface area contributed by atoms with Crippen molar-refractivity contribution in [3.8, 4) is 0 Å². The van der Waals surface area contributed by atoms with Gasteiger partial charge in [-0.05, 0) is 37.3 Å². The second-order valence-electron chi connectivity index (χ2n) is 7.78. The Balaban J connectivity index is 1.24. The fraction of sp³-hybridized carbons (Fsp3) is 0.348. The summed E-state index contributed by atoms with van der Waals surface area (Å²) in [6, 6.07) is 11.0. The van der Waals surface area contributed by atoms with E-state index in [9.17, 15) is 18.0 Å². The highest BCUT2D eigenvalue weighted by Crippen LogP contribution is 2.32. The highest BCUT2D eigenvalue weighted by Gasteiger charge is 2.30. The number of nitrogens with one attached hydrogen (secondary N) is 2. The SMILES string of the molecule is CC1CC(CSc2ccccc2C(=O)NCCNCc2nc3cc(C(F)(F)F)ccc3s2)=NO1. The summed E-state index contributed by atoms with van der Waals surface area (Å²) in [5.74, 6) is 0.505. The molecular formula is C23H23F3N4O2S2. The summed E-state index contributed by atoms with van der Waals surface area (Å²) < 4.78 is 39.3. The third kappa shape index (κ3) is 6.28. The van der Waals surface area contributed by atoms with E-state index in [0.29, 0.717) is 46.2 Å². The molecule has 0 saturated carbocycles. The average molecular weight is 509 g/mol. The Hall–Kier alpha value is -2.63. The zero-order chi connectivity index (χ0) is 24.1. The molecule has 1 aromatic heterocycles. The van der Waals surface area contributed by atoms with Crippen molar-refractivity contribution in [2.24, 2.45) is 5.16 Å². The fourth-order valence-corrected chi connectivity index (χ4v) is 5.28. The van der Waals surface area contributed by atoms with Crippen molar-refractivity contribution < 1.29 is 22.8 Å². The molecule has 1 amide bonds. The number of thiazole rings is 1. The summed E-state index contributed by atoms with van der Waals surface area (Å²) in [6.45, 7) is 3.28. The Bertz CT molecular complexity index is 1200. The van der Waals surface area contributed by atoms with Gasteiger partial charge < -0.3 is 15.5 Å². The molecule has 6 nitrogen and oxygen atoms in total. The Morgan fingerprint density at radius 3 is 2.82 bits per heavy atom. The van der Waals surface area contributed by atoms with E-state index in [4.69, 9.17) is 4.84 Å². The maximum absolute atomic E-state index is 12.9. The van der Waals surface area contributed by atoms with E-state index < -0.39 is 11.7 Å². The molecule has 2 aromatic carbocycles. The van der Waals surface area contributed by atoms with E-state index in [1.165, 1.54) is 17.4 Å². The molecule has 0 bridgehead atoms. The molecule has 0 spiro atoms. The van der Waals surface area contributed by atoms with Crippen LogP contribution in [0.2, 0.25) is 0 Å². The van der Waals surface area contributed by atoms with Gasteiger partial charge in [-0.25, -0.2) is 4.98 Å². The monoisotopic (exact) mass is 508 g/mol. The van der Waals surface area contributed by atoms with Crippen molar-refractivity contribution in [3.63, 3.8) is 0 Å². The molecular weight excluding hydrogens is 485 g/mol. The lowest BCUT2D eigenvalue weighted by molar-refractivity contribution is -0.137. The molecule has 3 aromatic rings. The van der Waals surface area contributed by atoms with Gasteiger partial charge in [-0.3, -0.25) is 4.79 Å². The number of halogens is 3. The van der Waals surface area contributed by atoms with Crippen molar-refractivity contribution in [2.45, 2.75) is 37.1 Å². The molecule has 180 valence electrons. The predicted octanol–water partition coefficient (Wildman–Crippen LogP) is 5.09. The van der Waals surface area contributed by atoms with Gasteiger partial charge in [-0.15, -0.1) is 23.1 Å². The van der Waals surface area contributed by atoms with Gasteiger partial charge in [0.1, 0.15) is 11.1 Å². The van der Waals surface area contributed by atoms with E-state index in [-0.39, 0.29) is 12.0 Å². The van der Waals surface area contributed by atoms with Crippen LogP contribution in [0.1, 0.15) is 34.3 Å². The predicted molar refractivity (Wildman–Crippen MR) is 128 cm³/mol. The summed E-state index contributed by atoms with van der Waals surface area (Å²) in [4.78, 5) is 23.0. The fourth-order valence-electron chi connectivity index (χ4n) is 3.38. The minimum absolute atomic E-state index is 0.0989. The Kier molecular flexibility index (Phi) is 7.74. The van der Waals surface area contributed by atoms with Crippen LogP contribution in [0.3, 0.4) is 0 Å². The minimum atomic E-state index is -4.39. The van der Waals surface area contributed by atoms with Crippen LogP contribution in [0.15, 0.2) is 52.5 Å². The number of aromatic nitrogens is 1. The number of carbonyl (C=O) groups is 1. The third-order valence-corrected chi connectivity index (χ3v) is 7.21. The van der Waals surface area contributed by atoms with Crippen molar-refractivity contribution in [2.75, 3.05) is 18.8 Å². The maximum Gasteiger partial charge on any atom is 0.416 e. The molecule has 0 aliphatic carbocycles. The summed E-state index contributed by atoms with van der Waals surface area (Å²) in [5.41, 5.74) is 1.21. The van der Waals surface area contributed by atoms with Crippen LogP contribution in [0.4, 0.5) is 13.2 Å². The van der Waals surface area contributed by atoms with Gasteiger partial charge in [-0.2, -0.15) is 13.2 Å². The molecule has 2 heterocycles. The van der Waals surface area contributed by atoms with Crippen molar-refractivity contribution in [1.82, 2.24) is 15.6 Å². The van der Waals surface area contributed by atoms with Crippen molar-refractivity contribution >= 4 is 44.9 Å². The number of oxime groups is 1. The van der Waals surface area contributed by atoms with Crippen LogP contribution in [-0.4, -0.2) is 41.5 Å². The first kappa shape index (κ1) is 24.5. The van der Waals surface area contributed by atoms with Crippen LogP contribution in [0, 0.1) is 0 Å². The number of fused-ring (bicyclic) bond motifs is 1. The number of alkyl halides is 3. The summed E-state index contributed by atoms with van der Waals surface area (Å²) in [6.07, 6.45) is -3.49. The van der Waals surface area contributed by atoms with Crippen molar-refractivity contribution in [3.05, 3.63) is 58.6 Å². The van der Waals surface area contributed by atoms with Gasteiger partial charge in [-0.1, -0.05) is 17.3 Å². The molecule has 2 N–H and O–H groups in total. The van der Waals surface area contributed by atoms with Crippen LogP contribution >= 0.6 is 23.1 Å².